The van der Waals surface area contributed by atoms with E-state index in [4.69, 9.17) is 9.94 Å². The Bertz CT molecular complexity index is 1340. The zero-order valence-corrected chi connectivity index (χ0v) is 18.1. The Morgan fingerprint density at radius 1 is 1.06 bits per heavy atom. The number of nitrogens with zero attached hydrogens (tertiary/aromatic N) is 1. The third-order valence-corrected chi connectivity index (χ3v) is 4.97. The smallest absolute Gasteiger partial charge is 0.276 e. The summed E-state index contributed by atoms with van der Waals surface area (Å²) in [6, 6.07) is 16.5. The molecule has 4 aromatic rings. The molecule has 4 rings (SSSR count). The number of hydroxylamine groups is 1. The van der Waals surface area contributed by atoms with Gasteiger partial charge in [-0.25, -0.2) is 9.87 Å². The van der Waals surface area contributed by atoms with Crippen LogP contribution in [0.1, 0.15) is 21.5 Å². The van der Waals surface area contributed by atoms with E-state index >= 15 is 0 Å². The van der Waals surface area contributed by atoms with Gasteiger partial charge in [-0.05, 0) is 54.4 Å². The number of halogens is 1. The number of amides is 2. The normalized spacial score (nSPS) is 10.6. The Morgan fingerprint density at radius 3 is 2.62 bits per heavy atom. The zero-order chi connectivity index (χ0) is 24.1. The lowest BCUT2D eigenvalue weighted by molar-refractivity contribution is -0.115. The van der Waals surface area contributed by atoms with Crippen molar-refractivity contribution in [2.24, 2.45) is 0 Å². The van der Waals surface area contributed by atoms with Gasteiger partial charge in [0.1, 0.15) is 17.3 Å². The van der Waals surface area contributed by atoms with Crippen LogP contribution in [0.3, 0.4) is 0 Å². The number of pyridine rings is 1. The zero-order valence-electron chi connectivity index (χ0n) is 18.1. The maximum absolute atomic E-state index is 13.9. The fourth-order valence-corrected chi connectivity index (χ4v) is 3.29. The number of aromatic nitrogens is 2. The summed E-state index contributed by atoms with van der Waals surface area (Å²) in [4.78, 5) is 31.0. The topological polar surface area (TPSA) is 116 Å². The van der Waals surface area contributed by atoms with Crippen LogP contribution in [-0.4, -0.2) is 27.0 Å². The predicted molar refractivity (Wildman–Crippen MR) is 123 cm³/mol. The molecule has 0 radical (unpaired) electrons. The number of anilines is 1. The number of aryl methyl sites for hydroxylation is 1. The van der Waals surface area contributed by atoms with E-state index < -0.39 is 11.7 Å². The highest BCUT2D eigenvalue weighted by molar-refractivity contribution is 5.94. The number of aromatic amines is 1. The van der Waals surface area contributed by atoms with Crippen molar-refractivity contribution in [3.8, 4) is 22.9 Å². The molecular formula is C25H21FN4O4. The maximum atomic E-state index is 13.9. The van der Waals surface area contributed by atoms with Crippen molar-refractivity contribution < 1.29 is 23.9 Å². The quantitative estimate of drug-likeness (QED) is 0.237. The molecule has 0 saturated heterocycles. The average Bonchev–Trinajstić information content (AvgIpc) is 3.33. The second kappa shape index (κ2) is 9.97. The van der Waals surface area contributed by atoms with Crippen LogP contribution >= 0.6 is 0 Å². The van der Waals surface area contributed by atoms with Crippen LogP contribution in [-0.2, 0) is 11.2 Å². The summed E-state index contributed by atoms with van der Waals surface area (Å²) >= 11 is 0. The van der Waals surface area contributed by atoms with Gasteiger partial charge in [0.25, 0.3) is 5.91 Å². The summed E-state index contributed by atoms with van der Waals surface area (Å²) in [5, 5.41) is 11.3. The van der Waals surface area contributed by atoms with Crippen molar-refractivity contribution in [2.75, 3.05) is 5.32 Å². The highest BCUT2D eigenvalue weighted by Crippen LogP contribution is 2.26. The van der Waals surface area contributed by atoms with Gasteiger partial charge in [-0.3, -0.25) is 19.8 Å². The summed E-state index contributed by atoms with van der Waals surface area (Å²) in [6.45, 7) is 1.82. The van der Waals surface area contributed by atoms with Gasteiger partial charge >= 0.3 is 0 Å². The number of hydrogen-bond donors (Lipinski definition) is 4. The third kappa shape index (κ3) is 5.45. The number of benzene rings is 2. The third-order valence-electron chi connectivity index (χ3n) is 4.97. The van der Waals surface area contributed by atoms with Crippen LogP contribution in [0, 0.1) is 12.7 Å². The maximum Gasteiger partial charge on any atom is 0.276 e. The first-order valence-corrected chi connectivity index (χ1v) is 10.3. The molecule has 0 aliphatic rings. The van der Waals surface area contributed by atoms with Gasteiger partial charge in [0.15, 0.2) is 0 Å². The van der Waals surface area contributed by atoms with Crippen molar-refractivity contribution in [2.45, 2.75) is 13.3 Å². The van der Waals surface area contributed by atoms with Gasteiger partial charge in [-0.15, -0.1) is 0 Å². The van der Waals surface area contributed by atoms with Crippen molar-refractivity contribution in [1.82, 2.24) is 15.4 Å². The van der Waals surface area contributed by atoms with Crippen LogP contribution in [0.5, 0.6) is 11.5 Å². The van der Waals surface area contributed by atoms with Gasteiger partial charge < -0.3 is 15.0 Å². The molecular weight excluding hydrogens is 439 g/mol. The molecule has 2 aromatic carbocycles. The fourth-order valence-electron chi connectivity index (χ4n) is 3.29. The molecule has 2 aromatic heterocycles. The number of carbonyl (C=O) groups excluding carboxylic acids is 2. The van der Waals surface area contributed by atoms with Crippen molar-refractivity contribution in [3.05, 3.63) is 95.6 Å². The molecule has 8 nitrogen and oxygen atoms in total. The summed E-state index contributed by atoms with van der Waals surface area (Å²) < 4.78 is 19.7. The monoisotopic (exact) mass is 460 g/mol. The molecule has 0 fully saturated rings. The van der Waals surface area contributed by atoms with Crippen molar-refractivity contribution >= 4 is 17.5 Å². The molecule has 172 valence electrons. The van der Waals surface area contributed by atoms with Gasteiger partial charge in [0.05, 0.1) is 29.1 Å². The number of H-pyrrole nitrogens is 1. The van der Waals surface area contributed by atoms with Gasteiger partial charge in [0.2, 0.25) is 5.91 Å². The Kier molecular flexibility index (Phi) is 6.65. The lowest BCUT2D eigenvalue weighted by atomic mass is 10.1. The Balaban J connectivity index is 1.39. The summed E-state index contributed by atoms with van der Waals surface area (Å²) in [5.74, 6) is -0.359. The molecule has 2 heterocycles. The van der Waals surface area contributed by atoms with E-state index in [1.165, 1.54) is 12.3 Å². The van der Waals surface area contributed by atoms with Gasteiger partial charge in [0, 0.05) is 18.5 Å². The molecule has 0 aliphatic heterocycles. The predicted octanol–water partition coefficient (Wildman–Crippen LogP) is 4.62. The lowest BCUT2D eigenvalue weighted by Crippen LogP contribution is -2.17. The molecule has 0 spiro atoms. The van der Waals surface area contributed by atoms with Crippen LogP contribution < -0.4 is 15.5 Å². The van der Waals surface area contributed by atoms with Crippen LogP contribution in [0.15, 0.2) is 73.1 Å². The Labute approximate surface area is 194 Å². The number of nitrogens with one attached hydrogen (secondary N) is 3. The molecule has 4 N–H and O–H groups in total. The number of hydrogen-bond acceptors (Lipinski definition) is 5. The van der Waals surface area contributed by atoms with Crippen molar-refractivity contribution in [3.63, 3.8) is 0 Å². The highest BCUT2D eigenvalue weighted by atomic mass is 19.1. The van der Waals surface area contributed by atoms with Crippen LogP contribution in [0.4, 0.5) is 10.1 Å². The van der Waals surface area contributed by atoms with E-state index in [1.54, 1.807) is 66.3 Å². The first-order chi connectivity index (χ1) is 16.4. The number of carbonyl (C=O) groups is 2. The SMILES string of the molecule is Cc1ccc(F)c(NC(=O)Cc2ccc(Oc3ccnc(-c4cc(C(=O)NO)c[nH]4)c3)cc2)c1. The van der Waals surface area contributed by atoms with E-state index in [-0.39, 0.29) is 23.6 Å². The number of ether oxygens (including phenoxy) is 1. The minimum atomic E-state index is -0.632. The molecule has 34 heavy (non-hydrogen) atoms. The molecule has 2 amide bonds. The summed E-state index contributed by atoms with van der Waals surface area (Å²) in [6.07, 6.45) is 3.11. The van der Waals surface area contributed by atoms with E-state index in [9.17, 15) is 14.0 Å². The second-order valence-electron chi connectivity index (χ2n) is 7.57. The fraction of sp³-hybridized carbons (Fsp3) is 0.0800. The largest absolute Gasteiger partial charge is 0.457 e. The van der Waals surface area contributed by atoms with E-state index in [0.29, 0.717) is 22.9 Å². The van der Waals surface area contributed by atoms with Crippen molar-refractivity contribution in [1.29, 1.82) is 0 Å². The Hall–Kier alpha value is -4.50. The van der Waals surface area contributed by atoms with Crippen LogP contribution in [0.2, 0.25) is 0 Å². The molecule has 0 saturated carbocycles. The minimum Gasteiger partial charge on any atom is -0.457 e. The standard InChI is InChI=1S/C25H21FN4O4/c1-15-2-7-20(26)21(10-15)29-24(31)11-16-3-5-18(6-4-16)34-19-8-9-27-23(13-19)22-12-17(14-28-22)25(32)30-33/h2-10,12-14,28,33H,11H2,1H3,(H,29,31)(H,30,32). The first-order valence-electron chi connectivity index (χ1n) is 10.3. The molecule has 9 heteroatoms. The number of rotatable bonds is 7. The highest BCUT2D eigenvalue weighted by Gasteiger charge is 2.11. The lowest BCUT2D eigenvalue weighted by Gasteiger charge is -2.09. The molecule has 0 unspecified atom stereocenters. The van der Waals surface area contributed by atoms with Crippen LogP contribution in [0.25, 0.3) is 11.4 Å². The minimum absolute atomic E-state index is 0.0869. The summed E-state index contributed by atoms with van der Waals surface area (Å²) in [7, 11) is 0. The van der Waals surface area contributed by atoms with E-state index in [2.05, 4.69) is 15.3 Å². The van der Waals surface area contributed by atoms with E-state index in [1.807, 2.05) is 6.92 Å². The molecule has 0 aliphatic carbocycles. The first kappa shape index (κ1) is 22.7. The molecule has 0 atom stereocenters. The van der Waals surface area contributed by atoms with Gasteiger partial charge in [-0.2, -0.15) is 0 Å². The summed E-state index contributed by atoms with van der Waals surface area (Å²) in [5.41, 5.74) is 4.72. The Morgan fingerprint density at radius 2 is 1.85 bits per heavy atom. The molecule has 0 bridgehead atoms. The average molecular weight is 460 g/mol. The van der Waals surface area contributed by atoms with E-state index in [0.717, 1.165) is 11.1 Å². The van der Waals surface area contributed by atoms with Gasteiger partial charge in [-0.1, -0.05) is 18.2 Å². The second-order valence-corrected chi connectivity index (χ2v) is 7.57.